The molecular formula is C9H18N2. The Bertz CT molecular complexity index is 179. The number of aryl methyl sites for hydroxylation is 2. The Morgan fingerprint density at radius 2 is 2.09 bits per heavy atom. The Labute approximate surface area is 69.2 Å². The smallest absolute Gasteiger partial charge is 0.0521 e. The SMILES string of the molecule is CC.CCCc1cnn(C)c1. The van der Waals surface area contributed by atoms with Crippen molar-refractivity contribution in [2.45, 2.75) is 33.6 Å². The molecule has 1 aromatic rings. The van der Waals surface area contributed by atoms with Gasteiger partial charge in [-0.15, -0.1) is 0 Å². The van der Waals surface area contributed by atoms with Crippen molar-refractivity contribution in [2.24, 2.45) is 7.05 Å². The van der Waals surface area contributed by atoms with Crippen LogP contribution in [0.15, 0.2) is 12.4 Å². The molecule has 0 radical (unpaired) electrons. The number of hydrogen-bond donors (Lipinski definition) is 0. The van der Waals surface area contributed by atoms with E-state index >= 15 is 0 Å². The molecule has 0 unspecified atom stereocenters. The molecule has 0 N–H and O–H groups in total. The van der Waals surface area contributed by atoms with E-state index in [0.29, 0.717) is 0 Å². The van der Waals surface area contributed by atoms with Crippen molar-refractivity contribution in [3.05, 3.63) is 18.0 Å². The van der Waals surface area contributed by atoms with Crippen molar-refractivity contribution < 1.29 is 0 Å². The van der Waals surface area contributed by atoms with Crippen molar-refractivity contribution >= 4 is 0 Å². The zero-order chi connectivity index (χ0) is 8.69. The second-order valence-electron chi connectivity index (χ2n) is 2.27. The highest BCUT2D eigenvalue weighted by atomic mass is 15.2. The first-order chi connectivity index (χ1) is 5.33. The molecule has 0 atom stereocenters. The van der Waals surface area contributed by atoms with Gasteiger partial charge in [-0.3, -0.25) is 4.68 Å². The molecular weight excluding hydrogens is 136 g/mol. The van der Waals surface area contributed by atoms with E-state index in [1.165, 1.54) is 12.0 Å². The summed E-state index contributed by atoms with van der Waals surface area (Å²) in [5, 5.41) is 4.05. The first-order valence-corrected chi connectivity index (χ1v) is 4.30. The highest BCUT2D eigenvalue weighted by molar-refractivity contribution is 5.02. The predicted molar refractivity (Wildman–Crippen MR) is 48.6 cm³/mol. The van der Waals surface area contributed by atoms with Gasteiger partial charge in [0.25, 0.3) is 0 Å². The summed E-state index contributed by atoms with van der Waals surface area (Å²) in [6, 6.07) is 0. The van der Waals surface area contributed by atoms with E-state index in [4.69, 9.17) is 0 Å². The summed E-state index contributed by atoms with van der Waals surface area (Å²) in [6.07, 6.45) is 6.33. The molecule has 0 aromatic carbocycles. The van der Waals surface area contributed by atoms with E-state index in [0.717, 1.165) is 6.42 Å². The maximum atomic E-state index is 4.05. The van der Waals surface area contributed by atoms with Gasteiger partial charge in [0.2, 0.25) is 0 Å². The summed E-state index contributed by atoms with van der Waals surface area (Å²) in [6.45, 7) is 6.17. The molecule has 0 amide bonds. The number of hydrogen-bond acceptors (Lipinski definition) is 1. The van der Waals surface area contributed by atoms with Crippen molar-refractivity contribution in [3.8, 4) is 0 Å². The molecule has 2 nitrogen and oxygen atoms in total. The Hall–Kier alpha value is -0.790. The van der Waals surface area contributed by atoms with Gasteiger partial charge in [0.15, 0.2) is 0 Å². The third kappa shape index (κ3) is 3.81. The van der Waals surface area contributed by atoms with Gasteiger partial charge < -0.3 is 0 Å². The average Bonchev–Trinajstić information content (AvgIpc) is 2.41. The summed E-state index contributed by atoms with van der Waals surface area (Å²) < 4.78 is 1.84. The third-order valence-electron chi connectivity index (χ3n) is 1.30. The van der Waals surface area contributed by atoms with Crippen molar-refractivity contribution in [1.82, 2.24) is 9.78 Å². The van der Waals surface area contributed by atoms with Crippen LogP contribution in [0.4, 0.5) is 0 Å². The first-order valence-electron chi connectivity index (χ1n) is 4.30. The normalized spacial score (nSPS) is 8.73. The fourth-order valence-corrected chi connectivity index (χ4v) is 0.890. The minimum absolute atomic E-state index is 1.15. The van der Waals surface area contributed by atoms with E-state index < -0.39 is 0 Å². The largest absolute Gasteiger partial charge is 0.276 e. The van der Waals surface area contributed by atoms with Crippen LogP contribution in [0.3, 0.4) is 0 Å². The Morgan fingerprint density at radius 1 is 1.45 bits per heavy atom. The second kappa shape index (κ2) is 5.96. The maximum Gasteiger partial charge on any atom is 0.0521 e. The molecule has 0 aliphatic carbocycles. The maximum absolute atomic E-state index is 4.05. The summed E-state index contributed by atoms with van der Waals surface area (Å²) >= 11 is 0. The molecule has 0 bridgehead atoms. The zero-order valence-electron chi connectivity index (χ0n) is 7.96. The molecule has 11 heavy (non-hydrogen) atoms. The molecule has 2 heteroatoms. The van der Waals surface area contributed by atoms with Crippen LogP contribution in [0.25, 0.3) is 0 Å². The highest BCUT2D eigenvalue weighted by Gasteiger charge is 1.91. The van der Waals surface area contributed by atoms with E-state index in [1.807, 2.05) is 31.8 Å². The molecule has 0 aliphatic heterocycles. The van der Waals surface area contributed by atoms with Gasteiger partial charge in [0.1, 0.15) is 0 Å². The fourth-order valence-electron chi connectivity index (χ4n) is 0.890. The van der Waals surface area contributed by atoms with Gasteiger partial charge >= 0.3 is 0 Å². The Morgan fingerprint density at radius 3 is 2.45 bits per heavy atom. The van der Waals surface area contributed by atoms with E-state index in [1.54, 1.807) is 0 Å². The lowest BCUT2D eigenvalue weighted by Gasteiger charge is -1.86. The van der Waals surface area contributed by atoms with Gasteiger partial charge in [-0.25, -0.2) is 0 Å². The Kier molecular flexibility index (Phi) is 5.53. The highest BCUT2D eigenvalue weighted by Crippen LogP contribution is 1.98. The fraction of sp³-hybridized carbons (Fsp3) is 0.667. The molecule has 0 aliphatic rings. The van der Waals surface area contributed by atoms with Crippen LogP contribution in [0, 0.1) is 0 Å². The van der Waals surface area contributed by atoms with Gasteiger partial charge in [-0.05, 0) is 12.0 Å². The average molecular weight is 154 g/mol. The van der Waals surface area contributed by atoms with Gasteiger partial charge in [-0.2, -0.15) is 5.10 Å². The minimum atomic E-state index is 1.15. The number of rotatable bonds is 2. The third-order valence-corrected chi connectivity index (χ3v) is 1.30. The number of nitrogens with zero attached hydrogens (tertiary/aromatic N) is 2. The zero-order valence-corrected chi connectivity index (χ0v) is 7.96. The molecule has 64 valence electrons. The quantitative estimate of drug-likeness (QED) is 0.639. The minimum Gasteiger partial charge on any atom is -0.276 e. The van der Waals surface area contributed by atoms with Crippen LogP contribution >= 0.6 is 0 Å². The Balaban J connectivity index is 0.000000461. The van der Waals surface area contributed by atoms with Crippen LogP contribution < -0.4 is 0 Å². The summed E-state index contributed by atoms with van der Waals surface area (Å²) in [7, 11) is 1.94. The summed E-state index contributed by atoms with van der Waals surface area (Å²) in [5.74, 6) is 0. The van der Waals surface area contributed by atoms with Gasteiger partial charge in [-0.1, -0.05) is 27.2 Å². The molecule has 0 saturated carbocycles. The van der Waals surface area contributed by atoms with Crippen molar-refractivity contribution in [1.29, 1.82) is 0 Å². The van der Waals surface area contributed by atoms with Crippen LogP contribution in [-0.2, 0) is 13.5 Å². The van der Waals surface area contributed by atoms with Crippen molar-refractivity contribution in [2.75, 3.05) is 0 Å². The van der Waals surface area contributed by atoms with E-state index in [2.05, 4.69) is 18.2 Å². The van der Waals surface area contributed by atoms with Crippen molar-refractivity contribution in [3.63, 3.8) is 0 Å². The topological polar surface area (TPSA) is 17.8 Å². The lowest BCUT2D eigenvalue weighted by Crippen LogP contribution is -1.84. The molecule has 1 rings (SSSR count). The molecule has 0 spiro atoms. The monoisotopic (exact) mass is 154 g/mol. The van der Waals surface area contributed by atoms with Crippen LogP contribution in [0.5, 0.6) is 0 Å². The van der Waals surface area contributed by atoms with E-state index in [9.17, 15) is 0 Å². The van der Waals surface area contributed by atoms with Crippen LogP contribution in [-0.4, -0.2) is 9.78 Å². The van der Waals surface area contributed by atoms with Crippen LogP contribution in [0.1, 0.15) is 32.8 Å². The standard InChI is InChI=1S/C7H12N2.C2H6/c1-3-4-7-5-8-9(2)6-7;1-2/h5-6H,3-4H2,1-2H3;1-2H3. The predicted octanol–water partition coefficient (Wildman–Crippen LogP) is 2.40. The second-order valence-corrected chi connectivity index (χ2v) is 2.27. The molecule has 0 fully saturated rings. The van der Waals surface area contributed by atoms with Gasteiger partial charge in [0.05, 0.1) is 6.20 Å². The molecule has 0 saturated heterocycles. The lowest BCUT2D eigenvalue weighted by molar-refractivity contribution is 0.766. The number of aromatic nitrogens is 2. The van der Waals surface area contributed by atoms with E-state index in [-0.39, 0.29) is 0 Å². The van der Waals surface area contributed by atoms with Crippen LogP contribution in [0.2, 0.25) is 0 Å². The van der Waals surface area contributed by atoms with Gasteiger partial charge in [0, 0.05) is 13.2 Å². The summed E-state index contributed by atoms with van der Waals surface area (Å²) in [4.78, 5) is 0. The molecule has 1 aromatic heterocycles. The summed E-state index contributed by atoms with van der Waals surface area (Å²) in [5.41, 5.74) is 1.33. The molecule has 1 heterocycles. The lowest BCUT2D eigenvalue weighted by atomic mass is 10.2. The first kappa shape index (κ1) is 10.2.